The number of nitrogens with zero attached hydrogens (tertiary/aromatic N) is 2. The van der Waals surface area contributed by atoms with Crippen molar-refractivity contribution >= 4 is 5.78 Å². The van der Waals surface area contributed by atoms with Crippen LogP contribution in [0.25, 0.3) is 11.1 Å². The molecule has 2 heterocycles. The van der Waals surface area contributed by atoms with Crippen LogP contribution in [0, 0.1) is 0 Å². The standard InChI is InChI=1S/C26H34N2O2/c1-19-5-4-13-27(19)14-12-21-6-8-22(9-7-21)23-10-11-24-17-28(18-25(24)16-23)26(30-3)15-20(2)29/h6-11,16,19,26H,4-5,12-15,17-18H2,1-3H3/t19?,26-/m1/s1. The zero-order valence-corrected chi connectivity index (χ0v) is 18.6. The van der Waals surface area contributed by atoms with E-state index in [4.69, 9.17) is 4.74 Å². The Balaban J connectivity index is 1.40. The molecule has 1 saturated heterocycles. The Kier molecular flexibility index (Phi) is 6.67. The summed E-state index contributed by atoms with van der Waals surface area (Å²) in [4.78, 5) is 16.4. The predicted molar refractivity (Wildman–Crippen MR) is 121 cm³/mol. The van der Waals surface area contributed by atoms with E-state index in [-0.39, 0.29) is 12.0 Å². The molecule has 4 rings (SSSR count). The lowest BCUT2D eigenvalue weighted by Crippen LogP contribution is -2.33. The SMILES string of the molecule is CO[C@H](CC(C)=O)N1Cc2ccc(-c3ccc(CCN4CCCC4C)cc3)cc2C1. The first-order chi connectivity index (χ1) is 14.5. The molecule has 2 aromatic rings. The first-order valence-corrected chi connectivity index (χ1v) is 11.2. The number of methoxy groups -OCH3 is 1. The number of hydrogen-bond donors (Lipinski definition) is 0. The van der Waals surface area contributed by atoms with Gasteiger partial charge in [0, 0.05) is 39.2 Å². The highest BCUT2D eigenvalue weighted by Crippen LogP contribution is 2.30. The Morgan fingerprint density at radius 2 is 1.83 bits per heavy atom. The van der Waals surface area contributed by atoms with Crippen LogP contribution in [0.5, 0.6) is 0 Å². The molecule has 0 bridgehead atoms. The second-order valence-corrected chi connectivity index (χ2v) is 8.96. The van der Waals surface area contributed by atoms with Crippen molar-refractivity contribution in [3.05, 3.63) is 59.2 Å². The molecule has 4 nitrogen and oxygen atoms in total. The lowest BCUT2D eigenvalue weighted by atomic mass is 9.99. The predicted octanol–water partition coefficient (Wildman–Crippen LogP) is 4.65. The highest BCUT2D eigenvalue weighted by atomic mass is 16.5. The number of carbonyl (C=O) groups is 1. The van der Waals surface area contributed by atoms with Crippen LogP contribution < -0.4 is 0 Å². The summed E-state index contributed by atoms with van der Waals surface area (Å²) in [5, 5.41) is 0. The van der Waals surface area contributed by atoms with E-state index in [2.05, 4.69) is 59.2 Å². The molecule has 30 heavy (non-hydrogen) atoms. The summed E-state index contributed by atoms with van der Waals surface area (Å²) < 4.78 is 5.57. The largest absolute Gasteiger partial charge is 0.366 e. The van der Waals surface area contributed by atoms with Gasteiger partial charge in [-0.2, -0.15) is 0 Å². The van der Waals surface area contributed by atoms with Gasteiger partial charge in [-0.05, 0) is 73.5 Å². The molecule has 160 valence electrons. The Morgan fingerprint density at radius 3 is 2.50 bits per heavy atom. The third kappa shape index (κ3) is 4.83. The van der Waals surface area contributed by atoms with E-state index in [0.717, 1.165) is 32.1 Å². The third-order valence-electron chi connectivity index (χ3n) is 6.76. The van der Waals surface area contributed by atoms with Crippen molar-refractivity contribution in [3.63, 3.8) is 0 Å². The van der Waals surface area contributed by atoms with Crippen molar-refractivity contribution in [3.8, 4) is 11.1 Å². The van der Waals surface area contributed by atoms with Gasteiger partial charge < -0.3 is 9.64 Å². The van der Waals surface area contributed by atoms with Gasteiger partial charge in [-0.1, -0.05) is 36.4 Å². The van der Waals surface area contributed by atoms with Crippen molar-refractivity contribution in [1.82, 2.24) is 9.80 Å². The minimum atomic E-state index is -0.143. The highest BCUT2D eigenvalue weighted by Gasteiger charge is 2.27. The monoisotopic (exact) mass is 406 g/mol. The summed E-state index contributed by atoms with van der Waals surface area (Å²) in [6, 6.07) is 16.6. The highest BCUT2D eigenvalue weighted by molar-refractivity contribution is 5.76. The fourth-order valence-corrected chi connectivity index (χ4v) is 4.87. The molecule has 1 fully saturated rings. The van der Waals surface area contributed by atoms with E-state index in [0.29, 0.717) is 6.42 Å². The van der Waals surface area contributed by atoms with Gasteiger partial charge in [-0.15, -0.1) is 0 Å². The minimum Gasteiger partial charge on any atom is -0.366 e. The molecule has 0 N–H and O–H groups in total. The van der Waals surface area contributed by atoms with Crippen molar-refractivity contribution in [2.24, 2.45) is 0 Å². The second kappa shape index (κ2) is 9.42. The lowest BCUT2D eigenvalue weighted by molar-refractivity contribution is -0.124. The van der Waals surface area contributed by atoms with E-state index in [1.165, 1.54) is 47.2 Å². The van der Waals surface area contributed by atoms with Crippen LogP contribution in [0.1, 0.15) is 49.8 Å². The average molecular weight is 407 g/mol. The van der Waals surface area contributed by atoms with Crippen molar-refractivity contribution in [2.45, 2.75) is 64.9 Å². The molecule has 0 spiro atoms. The van der Waals surface area contributed by atoms with Gasteiger partial charge in [-0.25, -0.2) is 0 Å². The molecular formula is C26H34N2O2. The fraction of sp³-hybridized carbons (Fsp3) is 0.500. The van der Waals surface area contributed by atoms with E-state index < -0.39 is 0 Å². The van der Waals surface area contributed by atoms with Crippen LogP contribution >= 0.6 is 0 Å². The average Bonchev–Trinajstić information content (AvgIpc) is 3.36. The quantitative estimate of drug-likeness (QED) is 0.639. The number of hydrogen-bond acceptors (Lipinski definition) is 4. The molecule has 0 amide bonds. The Hall–Kier alpha value is -2.01. The topological polar surface area (TPSA) is 32.8 Å². The maximum absolute atomic E-state index is 11.5. The van der Waals surface area contributed by atoms with Gasteiger partial charge in [0.15, 0.2) is 0 Å². The molecule has 2 aromatic carbocycles. The minimum absolute atomic E-state index is 0.143. The number of ether oxygens (including phenoxy) is 1. The molecule has 0 radical (unpaired) electrons. The van der Waals surface area contributed by atoms with Gasteiger partial charge in [0.05, 0.1) is 0 Å². The summed E-state index contributed by atoms with van der Waals surface area (Å²) in [6.45, 7) is 8.07. The van der Waals surface area contributed by atoms with E-state index in [1.807, 2.05) is 0 Å². The maximum atomic E-state index is 11.5. The van der Waals surface area contributed by atoms with Crippen molar-refractivity contribution < 1.29 is 9.53 Å². The normalized spacial score (nSPS) is 20.4. The van der Waals surface area contributed by atoms with E-state index in [9.17, 15) is 4.79 Å². The molecule has 0 aromatic heterocycles. The maximum Gasteiger partial charge on any atom is 0.133 e. The molecular weight excluding hydrogens is 372 g/mol. The summed E-state index contributed by atoms with van der Waals surface area (Å²) >= 11 is 0. The lowest BCUT2D eigenvalue weighted by Gasteiger charge is -2.25. The summed E-state index contributed by atoms with van der Waals surface area (Å²) in [5.74, 6) is 0.165. The number of carbonyl (C=O) groups excluding carboxylic acids is 1. The fourth-order valence-electron chi connectivity index (χ4n) is 4.87. The molecule has 2 aliphatic rings. The van der Waals surface area contributed by atoms with Crippen molar-refractivity contribution in [1.29, 1.82) is 0 Å². The van der Waals surface area contributed by atoms with Crippen LogP contribution in [0.4, 0.5) is 0 Å². The number of benzene rings is 2. The number of Topliss-reactive ketones (excluding diaryl/α,β-unsaturated/α-hetero) is 1. The second-order valence-electron chi connectivity index (χ2n) is 8.96. The van der Waals surface area contributed by atoms with Crippen LogP contribution in [-0.4, -0.2) is 48.1 Å². The molecule has 2 atom stereocenters. The summed E-state index contributed by atoms with van der Waals surface area (Å²) in [7, 11) is 1.69. The van der Waals surface area contributed by atoms with Crippen LogP contribution in [0.2, 0.25) is 0 Å². The first kappa shape index (κ1) is 21.2. The number of ketones is 1. The zero-order chi connectivity index (χ0) is 21.1. The van der Waals surface area contributed by atoms with Crippen LogP contribution in [0.15, 0.2) is 42.5 Å². The molecule has 4 heteroatoms. The zero-order valence-electron chi connectivity index (χ0n) is 18.6. The van der Waals surface area contributed by atoms with Gasteiger partial charge in [0.2, 0.25) is 0 Å². The Bertz CT molecular complexity index is 877. The van der Waals surface area contributed by atoms with E-state index in [1.54, 1.807) is 14.0 Å². The summed E-state index contributed by atoms with van der Waals surface area (Å²) in [6.07, 6.45) is 4.11. The first-order valence-electron chi connectivity index (χ1n) is 11.2. The number of likely N-dealkylation sites (tertiary alicyclic amines) is 1. The Morgan fingerprint density at radius 1 is 1.10 bits per heavy atom. The van der Waals surface area contributed by atoms with Crippen molar-refractivity contribution in [2.75, 3.05) is 20.2 Å². The molecule has 1 unspecified atom stereocenters. The van der Waals surface area contributed by atoms with Gasteiger partial charge in [-0.3, -0.25) is 9.69 Å². The molecule has 0 saturated carbocycles. The smallest absolute Gasteiger partial charge is 0.133 e. The number of rotatable bonds is 8. The third-order valence-corrected chi connectivity index (χ3v) is 6.76. The molecule has 0 aliphatic carbocycles. The van der Waals surface area contributed by atoms with Gasteiger partial charge >= 0.3 is 0 Å². The van der Waals surface area contributed by atoms with Gasteiger partial charge in [0.1, 0.15) is 12.0 Å². The van der Waals surface area contributed by atoms with Crippen LogP contribution in [0.3, 0.4) is 0 Å². The Labute approximate surface area is 180 Å². The van der Waals surface area contributed by atoms with Crippen LogP contribution in [-0.2, 0) is 29.0 Å². The number of fused-ring (bicyclic) bond motifs is 1. The molecule has 2 aliphatic heterocycles. The van der Waals surface area contributed by atoms with Gasteiger partial charge in [0.25, 0.3) is 0 Å². The summed E-state index contributed by atoms with van der Waals surface area (Å²) in [5.41, 5.74) is 6.61. The van der Waals surface area contributed by atoms with E-state index >= 15 is 0 Å².